The van der Waals surface area contributed by atoms with Gasteiger partial charge in [0, 0.05) is 43.7 Å². The van der Waals surface area contributed by atoms with Crippen molar-refractivity contribution in [1.29, 1.82) is 0 Å². The summed E-state index contributed by atoms with van der Waals surface area (Å²) in [4.78, 5) is 13.7. The Hall–Kier alpha value is -1.85. The number of nitrogens with one attached hydrogen (secondary N) is 1. The molecule has 1 aromatic carbocycles. The maximum absolute atomic E-state index is 11.3. The van der Waals surface area contributed by atoms with Crippen molar-refractivity contribution in [1.82, 2.24) is 14.8 Å². The second-order valence-corrected chi connectivity index (χ2v) is 6.09. The third kappa shape index (κ3) is 2.51. The molecule has 0 saturated carbocycles. The van der Waals surface area contributed by atoms with Crippen LogP contribution < -0.4 is 5.32 Å². The molecule has 1 atom stereocenters. The van der Waals surface area contributed by atoms with Gasteiger partial charge in [0.15, 0.2) is 0 Å². The number of carbonyl (C=O) groups is 1. The molecule has 1 aromatic heterocycles. The Morgan fingerprint density at radius 1 is 1.36 bits per heavy atom. The van der Waals surface area contributed by atoms with E-state index in [0.29, 0.717) is 6.42 Å². The van der Waals surface area contributed by atoms with Gasteiger partial charge < -0.3 is 15.0 Å². The Labute approximate surface area is 130 Å². The lowest BCUT2D eigenvalue weighted by Crippen LogP contribution is -2.35. The summed E-state index contributed by atoms with van der Waals surface area (Å²) in [5, 5.41) is 13.3. The first-order chi connectivity index (χ1) is 10.5. The van der Waals surface area contributed by atoms with E-state index in [9.17, 15) is 9.90 Å². The maximum Gasteiger partial charge on any atom is 0.321 e. The quantitative estimate of drug-likeness (QED) is 0.883. The van der Waals surface area contributed by atoms with E-state index in [1.54, 1.807) is 7.05 Å². The lowest BCUT2D eigenvalue weighted by atomic mass is 10.0. The van der Waals surface area contributed by atoms with Crippen LogP contribution in [0.3, 0.4) is 0 Å². The largest absolute Gasteiger partial charge is 0.480 e. The first-order valence-corrected chi connectivity index (χ1v) is 7.75. The number of carboxylic acid groups (broad SMARTS) is 1. The average molecular weight is 301 g/mol. The molecule has 0 fully saturated rings. The third-order valence-electron chi connectivity index (χ3n) is 4.70. The van der Waals surface area contributed by atoms with Gasteiger partial charge in [0.05, 0.1) is 0 Å². The lowest BCUT2D eigenvalue weighted by molar-refractivity contribution is -0.139. The van der Waals surface area contributed by atoms with Gasteiger partial charge in [-0.05, 0) is 42.4 Å². The molecule has 3 rings (SSSR count). The zero-order chi connectivity index (χ0) is 15.9. The van der Waals surface area contributed by atoms with Crippen LogP contribution in [-0.2, 0) is 31.4 Å². The number of hydrogen-bond acceptors (Lipinski definition) is 3. The van der Waals surface area contributed by atoms with E-state index in [2.05, 4.69) is 40.0 Å². The van der Waals surface area contributed by atoms with Crippen LogP contribution in [0.15, 0.2) is 18.3 Å². The molecule has 2 N–H and O–H groups in total. The highest BCUT2D eigenvalue weighted by Gasteiger charge is 2.22. The van der Waals surface area contributed by atoms with Crippen LogP contribution in [0.2, 0.25) is 0 Å². The molecule has 2 aromatic rings. The Morgan fingerprint density at radius 3 is 2.64 bits per heavy atom. The van der Waals surface area contributed by atoms with Gasteiger partial charge in [-0.1, -0.05) is 6.92 Å². The highest BCUT2D eigenvalue weighted by atomic mass is 16.4. The highest BCUT2D eigenvalue weighted by molar-refractivity contribution is 5.86. The predicted octanol–water partition coefficient (Wildman–Crippen LogP) is 1.73. The van der Waals surface area contributed by atoms with Crippen molar-refractivity contribution in [3.8, 4) is 0 Å². The normalized spacial score (nSPS) is 16.1. The molecule has 5 heteroatoms. The summed E-state index contributed by atoms with van der Waals surface area (Å²) in [6, 6.07) is 3.97. The van der Waals surface area contributed by atoms with Gasteiger partial charge in [0.25, 0.3) is 0 Å². The van der Waals surface area contributed by atoms with E-state index in [-0.39, 0.29) is 0 Å². The van der Waals surface area contributed by atoms with Crippen LogP contribution in [-0.4, -0.2) is 40.2 Å². The van der Waals surface area contributed by atoms with Gasteiger partial charge in [0.2, 0.25) is 0 Å². The first-order valence-electron chi connectivity index (χ1n) is 7.75. The second-order valence-electron chi connectivity index (χ2n) is 6.09. The Balaban J connectivity index is 2.01. The number of likely N-dealkylation sites (N-methyl/N-ethyl adjacent to an activating group) is 1. The van der Waals surface area contributed by atoms with Crippen LogP contribution in [0.25, 0.3) is 10.9 Å². The lowest BCUT2D eigenvalue weighted by Gasteiger charge is -2.10. The summed E-state index contributed by atoms with van der Waals surface area (Å²) in [5.74, 6) is -0.808. The van der Waals surface area contributed by atoms with Crippen molar-refractivity contribution in [3.05, 3.63) is 35.0 Å². The average Bonchev–Trinajstić information content (AvgIpc) is 3.03. The summed E-state index contributed by atoms with van der Waals surface area (Å²) in [6.07, 6.45) is 2.56. The third-order valence-corrected chi connectivity index (χ3v) is 4.70. The number of rotatable bonds is 5. The number of hydrogen-bond donors (Lipinski definition) is 2. The molecule has 0 spiro atoms. The summed E-state index contributed by atoms with van der Waals surface area (Å²) < 4.78 is 2.11. The SMILES string of the molecule is CCN1Cc2cc3c(CC(NC)C(=O)O)cn(C)c3cc2C1. The summed E-state index contributed by atoms with van der Waals surface area (Å²) in [5.41, 5.74) is 5.05. The molecule has 0 bridgehead atoms. The smallest absolute Gasteiger partial charge is 0.321 e. The fourth-order valence-corrected chi connectivity index (χ4v) is 3.35. The summed E-state index contributed by atoms with van der Waals surface area (Å²) in [7, 11) is 3.72. The van der Waals surface area contributed by atoms with Crippen LogP contribution >= 0.6 is 0 Å². The Bertz CT molecular complexity index is 720. The van der Waals surface area contributed by atoms with Gasteiger partial charge in [-0.25, -0.2) is 0 Å². The zero-order valence-electron chi connectivity index (χ0n) is 13.4. The topological polar surface area (TPSA) is 57.5 Å². The number of fused-ring (bicyclic) bond motifs is 2. The van der Waals surface area contributed by atoms with Crippen LogP contribution in [0.5, 0.6) is 0 Å². The fraction of sp³-hybridized carbons (Fsp3) is 0.471. The van der Waals surface area contributed by atoms with E-state index in [4.69, 9.17) is 0 Å². The van der Waals surface area contributed by atoms with Gasteiger partial charge >= 0.3 is 5.97 Å². The monoisotopic (exact) mass is 301 g/mol. The van der Waals surface area contributed by atoms with Crippen molar-refractivity contribution in [2.45, 2.75) is 32.5 Å². The van der Waals surface area contributed by atoms with E-state index in [0.717, 1.165) is 25.2 Å². The fourth-order valence-electron chi connectivity index (χ4n) is 3.35. The minimum absolute atomic E-state index is 0.499. The molecular formula is C17H23N3O2. The van der Waals surface area contributed by atoms with Crippen LogP contribution in [0.4, 0.5) is 0 Å². The summed E-state index contributed by atoms with van der Waals surface area (Å²) >= 11 is 0. The second kappa shape index (κ2) is 5.74. The van der Waals surface area contributed by atoms with Gasteiger partial charge in [-0.2, -0.15) is 0 Å². The van der Waals surface area contributed by atoms with Crippen molar-refractivity contribution in [3.63, 3.8) is 0 Å². The van der Waals surface area contributed by atoms with E-state index >= 15 is 0 Å². The van der Waals surface area contributed by atoms with Crippen LogP contribution in [0, 0.1) is 0 Å². The molecule has 0 saturated heterocycles. The number of carboxylic acids is 1. The summed E-state index contributed by atoms with van der Waals surface area (Å²) in [6.45, 7) is 5.24. The molecule has 5 nitrogen and oxygen atoms in total. The van der Waals surface area contributed by atoms with E-state index in [1.165, 1.54) is 22.0 Å². The molecule has 1 unspecified atom stereocenters. The Morgan fingerprint density at radius 2 is 2.05 bits per heavy atom. The van der Waals surface area contributed by atoms with Gasteiger partial charge in [-0.3, -0.25) is 9.69 Å². The number of benzene rings is 1. The standard InChI is InChI=1S/C17H23N3O2/c1-4-20-9-11-5-14-13(6-15(18-2)17(21)22)8-19(3)16(14)7-12(11)10-20/h5,7-8,15,18H,4,6,9-10H2,1-3H3,(H,21,22). The molecule has 2 heterocycles. The number of aryl methyl sites for hydroxylation is 1. The van der Waals surface area contributed by atoms with Crippen molar-refractivity contribution < 1.29 is 9.90 Å². The molecular weight excluding hydrogens is 278 g/mol. The molecule has 1 aliphatic heterocycles. The van der Waals surface area contributed by atoms with Gasteiger partial charge in [0.1, 0.15) is 6.04 Å². The molecule has 1 aliphatic rings. The number of aromatic nitrogens is 1. The van der Waals surface area contributed by atoms with Crippen molar-refractivity contribution in [2.75, 3.05) is 13.6 Å². The first kappa shape index (κ1) is 15.1. The molecule has 0 aliphatic carbocycles. The number of aliphatic carboxylic acids is 1. The van der Waals surface area contributed by atoms with E-state index < -0.39 is 12.0 Å². The Kier molecular flexibility index (Phi) is 3.93. The molecule has 118 valence electrons. The van der Waals surface area contributed by atoms with E-state index in [1.807, 2.05) is 7.05 Å². The van der Waals surface area contributed by atoms with Gasteiger partial charge in [-0.15, -0.1) is 0 Å². The molecule has 22 heavy (non-hydrogen) atoms. The highest BCUT2D eigenvalue weighted by Crippen LogP contribution is 2.30. The van der Waals surface area contributed by atoms with Crippen LogP contribution in [0.1, 0.15) is 23.6 Å². The minimum Gasteiger partial charge on any atom is -0.480 e. The maximum atomic E-state index is 11.3. The van der Waals surface area contributed by atoms with Crippen molar-refractivity contribution >= 4 is 16.9 Å². The molecule has 0 radical (unpaired) electrons. The molecule has 0 amide bonds. The van der Waals surface area contributed by atoms with Crippen molar-refractivity contribution in [2.24, 2.45) is 7.05 Å². The predicted molar refractivity (Wildman–Crippen MR) is 86.9 cm³/mol. The minimum atomic E-state index is -0.808. The zero-order valence-corrected chi connectivity index (χ0v) is 13.4. The number of nitrogens with zero attached hydrogens (tertiary/aromatic N) is 2.